The summed E-state index contributed by atoms with van der Waals surface area (Å²) in [5, 5.41) is 4.71. The van der Waals surface area contributed by atoms with Gasteiger partial charge in [0.1, 0.15) is 11.0 Å². The van der Waals surface area contributed by atoms with Crippen LogP contribution in [0.25, 0.3) is 10.9 Å². The summed E-state index contributed by atoms with van der Waals surface area (Å²) in [6, 6.07) is 6.61. The van der Waals surface area contributed by atoms with Crippen molar-refractivity contribution >= 4 is 22.5 Å². The third-order valence-corrected chi connectivity index (χ3v) is 3.74. The molecule has 0 radical (unpaired) electrons. The highest BCUT2D eigenvalue weighted by Gasteiger charge is 2.13. The van der Waals surface area contributed by atoms with Crippen molar-refractivity contribution in [1.29, 1.82) is 0 Å². The first kappa shape index (κ1) is 12.8. The molecule has 19 heavy (non-hydrogen) atoms. The fourth-order valence-corrected chi connectivity index (χ4v) is 2.59. The van der Waals surface area contributed by atoms with E-state index < -0.39 is 0 Å². The van der Waals surface area contributed by atoms with Crippen LogP contribution in [0.3, 0.4) is 0 Å². The lowest BCUT2D eigenvalue weighted by molar-refractivity contribution is 0.233. The standard InChI is InChI=1S/C14H15ClFN3/c15-14-11(9-19-5-3-17-4-6-19)7-10-1-2-12(16)8-13(10)18-14/h1-2,7-8,17H,3-6,9H2. The lowest BCUT2D eigenvalue weighted by Gasteiger charge is -2.27. The molecule has 1 aromatic carbocycles. The van der Waals surface area contributed by atoms with Gasteiger partial charge in [0.25, 0.3) is 0 Å². The van der Waals surface area contributed by atoms with Crippen LogP contribution < -0.4 is 5.32 Å². The summed E-state index contributed by atoms with van der Waals surface area (Å²) in [5.74, 6) is -0.286. The number of piperazine rings is 1. The maximum atomic E-state index is 13.1. The number of fused-ring (bicyclic) bond motifs is 1. The minimum absolute atomic E-state index is 0.286. The van der Waals surface area contributed by atoms with Crippen molar-refractivity contribution in [3.63, 3.8) is 0 Å². The highest BCUT2D eigenvalue weighted by Crippen LogP contribution is 2.22. The Morgan fingerprint density at radius 1 is 1.26 bits per heavy atom. The highest BCUT2D eigenvalue weighted by atomic mass is 35.5. The smallest absolute Gasteiger partial charge is 0.134 e. The molecule has 1 N–H and O–H groups in total. The molecule has 0 aliphatic carbocycles. The van der Waals surface area contributed by atoms with Gasteiger partial charge in [0, 0.05) is 49.7 Å². The number of aromatic nitrogens is 1. The molecule has 0 saturated carbocycles. The third kappa shape index (κ3) is 2.86. The van der Waals surface area contributed by atoms with Crippen molar-refractivity contribution in [1.82, 2.24) is 15.2 Å². The molecule has 0 bridgehead atoms. The molecule has 0 amide bonds. The van der Waals surface area contributed by atoms with Gasteiger partial charge < -0.3 is 5.32 Å². The monoisotopic (exact) mass is 279 g/mol. The van der Waals surface area contributed by atoms with Crippen LogP contribution in [0, 0.1) is 5.82 Å². The zero-order chi connectivity index (χ0) is 13.2. The largest absolute Gasteiger partial charge is 0.314 e. The van der Waals surface area contributed by atoms with Crippen LogP contribution in [0.5, 0.6) is 0 Å². The first-order valence-electron chi connectivity index (χ1n) is 6.40. The normalized spacial score (nSPS) is 16.9. The van der Waals surface area contributed by atoms with Crippen LogP contribution in [-0.2, 0) is 6.54 Å². The van der Waals surface area contributed by atoms with Gasteiger partial charge in [-0.3, -0.25) is 4.90 Å². The van der Waals surface area contributed by atoms with Crippen LogP contribution in [-0.4, -0.2) is 36.1 Å². The van der Waals surface area contributed by atoms with Crippen LogP contribution in [0.2, 0.25) is 5.15 Å². The van der Waals surface area contributed by atoms with Gasteiger partial charge in [0.2, 0.25) is 0 Å². The molecule has 2 heterocycles. The zero-order valence-electron chi connectivity index (χ0n) is 10.5. The van der Waals surface area contributed by atoms with E-state index in [1.165, 1.54) is 12.1 Å². The van der Waals surface area contributed by atoms with Gasteiger partial charge in [-0.05, 0) is 18.2 Å². The van der Waals surface area contributed by atoms with Gasteiger partial charge >= 0.3 is 0 Å². The van der Waals surface area contributed by atoms with E-state index >= 15 is 0 Å². The van der Waals surface area contributed by atoms with E-state index in [9.17, 15) is 4.39 Å². The summed E-state index contributed by atoms with van der Waals surface area (Å²) in [4.78, 5) is 6.63. The zero-order valence-corrected chi connectivity index (χ0v) is 11.3. The third-order valence-electron chi connectivity index (χ3n) is 3.41. The molecule has 3 nitrogen and oxygen atoms in total. The average Bonchev–Trinajstić information content (AvgIpc) is 2.41. The lowest BCUT2D eigenvalue weighted by atomic mass is 10.1. The van der Waals surface area contributed by atoms with Crippen LogP contribution >= 0.6 is 11.6 Å². The summed E-state index contributed by atoms with van der Waals surface area (Å²) < 4.78 is 13.1. The Morgan fingerprint density at radius 3 is 2.84 bits per heavy atom. The van der Waals surface area contributed by atoms with Crippen molar-refractivity contribution in [2.24, 2.45) is 0 Å². The second-order valence-corrected chi connectivity index (χ2v) is 5.16. The van der Waals surface area contributed by atoms with Crippen molar-refractivity contribution in [3.8, 4) is 0 Å². The van der Waals surface area contributed by atoms with Crippen molar-refractivity contribution < 1.29 is 4.39 Å². The van der Waals surface area contributed by atoms with Crippen molar-refractivity contribution in [2.75, 3.05) is 26.2 Å². The van der Waals surface area contributed by atoms with E-state index in [2.05, 4.69) is 15.2 Å². The predicted octanol–water partition coefficient (Wildman–Crippen LogP) is 2.43. The van der Waals surface area contributed by atoms with Gasteiger partial charge in [-0.25, -0.2) is 9.37 Å². The van der Waals surface area contributed by atoms with Gasteiger partial charge in [-0.1, -0.05) is 11.6 Å². The first-order valence-corrected chi connectivity index (χ1v) is 6.78. The molecule has 2 aromatic rings. The molecule has 1 aliphatic heterocycles. The van der Waals surface area contributed by atoms with E-state index in [0.29, 0.717) is 10.7 Å². The molecule has 1 fully saturated rings. The first-order chi connectivity index (χ1) is 9.22. The second-order valence-electron chi connectivity index (χ2n) is 4.80. The fourth-order valence-electron chi connectivity index (χ4n) is 2.38. The minimum atomic E-state index is -0.286. The maximum Gasteiger partial charge on any atom is 0.134 e. The summed E-state index contributed by atoms with van der Waals surface area (Å²) in [6.07, 6.45) is 0. The summed E-state index contributed by atoms with van der Waals surface area (Å²) in [5.41, 5.74) is 1.61. The number of rotatable bonds is 2. The van der Waals surface area contributed by atoms with Crippen LogP contribution in [0.1, 0.15) is 5.56 Å². The molecule has 1 aliphatic rings. The molecule has 0 spiro atoms. The maximum absolute atomic E-state index is 13.1. The van der Waals surface area contributed by atoms with E-state index in [4.69, 9.17) is 11.6 Å². The molecule has 1 saturated heterocycles. The molecule has 3 rings (SSSR count). The van der Waals surface area contributed by atoms with Crippen LogP contribution in [0.4, 0.5) is 4.39 Å². The molecule has 0 unspecified atom stereocenters. The van der Waals surface area contributed by atoms with Gasteiger partial charge in [-0.2, -0.15) is 0 Å². The van der Waals surface area contributed by atoms with E-state index in [0.717, 1.165) is 43.7 Å². The summed E-state index contributed by atoms with van der Waals surface area (Å²) in [7, 11) is 0. The average molecular weight is 280 g/mol. The van der Waals surface area contributed by atoms with E-state index in [1.807, 2.05) is 6.07 Å². The van der Waals surface area contributed by atoms with E-state index in [1.54, 1.807) is 6.07 Å². The molecular formula is C14H15ClFN3. The SMILES string of the molecule is Fc1ccc2cc(CN3CCNCC3)c(Cl)nc2c1. The van der Waals surface area contributed by atoms with Gasteiger partial charge in [0.15, 0.2) is 0 Å². The Balaban J connectivity index is 1.90. The topological polar surface area (TPSA) is 28.2 Å². The second kappa shape index (κ2) is 5.41. The summed E-state index contributed by atoms with van der Waals surface area (Å²) >= 11 is 6.20. The summed E-state index contributed by atoms with van der Waals surface area (Å²) in [6.45, 7) is 4.82. The van der Waals surface area contributed by atoms with Gasteiger partial charge in [0.05, 0.1) is 5.52 Å². The number of nitrogens with one attached hydrogen (secondary N) is 1. The number of pyridine rings is 1. The van der Waals surface area contributed by atoms with Gasteiger partial charge in [-0.15, -0.1) is 0 Å². The molecular weight excluding hydrogens is 265 g/mol. The molecule has 0 atom stereocenters. The molecule has 5 heteroatoms. The molecule has 1 aromatic heterocycles. The Morgan fingerprint density at radius 2 is 2.05 bits per heavy atom. The van der Waals surface area contributed by atoms with Crippen LogP contribution in [0.15, 0.2) is 24.3 Å². The van der Waals surface area contributed by atoms with Crippen molar-refractivity contribution in [2.45, 2.75) is 6.54 Å². The van der Waals surface area contributed by atoms with Crippen molar-refractivity contribution in [3.05, 3.63) is 40.8 Å². The number of hydrogen-bond donors (Lipinski definition) is 1. The number of halogens is 2. The lowest BCUT2D eigenvalue weighted by Crippen LogP contribution is -2.42. The number of hydrogen-bond acceptors (Lipinski definition) is 3. The fraction of sp³-hybridized carbons (Fsp3) is 0.357. The quantitative estimate of drug-likeness (QED) is 0.856. The minimum Gasteiger partial charge on any atom is -0.314 e. The predicted molar refractivity (Wildman–Crippen MR) is 74.9 cm³/mol. The Labute approximate surface area is 116 Å². The Kier molecular flexibility index (Phi) is 3.64. The Bertz CT molecular complexity index is 597. The Hall–Kier alpha value is -1.23. The number of benzene rings is 1. The van der Waals surface area contributed by atoms with E-state index in [-0.39, 0.29) is 5.82 Å². The highest BCUT2D eigenvalue weighted by molar-refractivity contribution is 6.30. The molecule has 100 valence electrons. The number of nitrogens with zero attached hydrogens (tertiary/aromatic N) is 2.